The molecule has 1 fully saturated rings. The average Bonchev–Trinajstić information content (AvgIpc) is 3.47. The number of hydrogen-bond donors (Lipinski definition) is 0. The van der Waals surface area contributed by atoms with Crippen molar-refractivity contribution in [3.63, 3.8) is 0 Å². The lowest BCUT2D eigenvalue weighted by Crippen LogP contribution is -2.29. The van der Waals surface area contributed by atoms with Gasteiger partial charge in [-0.3, -0.25) is 19.0 Å². The molecule has 3 heterocycles. The fourth-order valence-electron chi connectivity index (χ4n) is 4.97. The predicted octanol–water partition coefficient (Wildman–Crippen LogP) is 5.43. The van der Waals surface area contributed by atoms with Crippen LogP contribution in [0.2, 0.25) is 0 Å². The number of likely N-dealkylation sites (tertiary alicyclic amines) is 1. The normalized spacial score (nSPS) is 16.1. The summed E-state index contributed by atoms with van der Waals surface area (Å²) in [4.78, 5) is 20.5. The van der Waals surface area contributed by atoms with Gasteiger partial charge in [0.2, 0.25) is 0 Å². The van der Waals surface area contributed by atoms with E-state index in [9.17, 15) is 4.79 Å². The van der Waals surface area contributed by atoms with E-state index >= 15 is 0 Å². The van der Waals surface area contributed by atoms with Crippen LogP contribution in [0.25, 0.3) is 16.7 Å². The van der Waals surface area contributed by atoms with Crippen molar-refractivity contribution in [3.05, 3.63) is 119 Å². The van der Waals surface area contributed by atoms with Gasteiger partial charge in [-0.1, -0.05) is 48.5 Å². The molecule has 6 heteroatoms. The Morgan fingerprint density at radius 1 is 0.829 bits per heavy atom. The Balaban J connectivity index is 1.30. The molecular weight excluding hydrogens is 436 g/mol. The highest BCUT2D eigenvalue weighted by molar-refractivity contribution is 5.77. The van der Waals surface area contributed by atoms with Gasteiger partial charge in [-0.05, 0) is 54.4 Å². The Morgan fingerprint density at radius 2 is 1.54 bits per heavy atom. The lowest BCUT2D eigenvalue weighted by molar-refractivity contribution is 0.316. The third-order valence-electron chi connectivity index (χ3n) is 6.61. The van der Waals surface area contributed by atoms with Gasteiger partial charge >= 0.3 is 5.69 Å². The van der Waals surface area contributed by atoms with E-state index in [1.54, 1.807) is 17.0 Å². The summed E-state index contributed by atoms with van der Waals surface area (Å²) in [6, 6.07) is 29.9. The molecule has 6 rings (SSSR count). The van der Waals surface area contributed by atoms with E-state index < -0.39 is 0 Å². The number of pyridine rings is 1. The Morgan fingerprint density at radius 3 is 2.31 bits per heavy atom. The third kappa shape index (κ3) is 4.24. The molecule has 0 N–H and O–H groups in total. The van der Waals surface area contributed by atoms with Crippen molar-refractivity contribution in [2.45, 2.75) is 19.0 Å². The summed E-state index contributed by atoms with van der Waals surface area (Å²) in [5.41, 5.74) is 3.80. The van der Waals surface area contributed by atoms with Gasteiger partial charge in [-0.2, -0.15) is 0 Å². The maximum atomic E-state index is 13.8. The molecule has 0 saturated carbocycles. The molecule has 5 aromatic rings. The summed E-state index contributed by atoms with van der Waals surface area (Å²) >= 11 is 0. The van der Waals surface area contributed by atoms with E-state index in [2.05, 4.69) is 34.1 Å². The number of nitrogens with zero attached hydrogens (tertiary/aromatic N) is 4. The lowest BCUT2D eigenvalue weighted by atomic mass is 10.2. The van der Waals surface area contributed by atoms with Crippen LogP contribution in [0, 0.1) is 0 Å². The summed E-state index contributed by atoms with van der Waals surface area (Å²) in [5, 5.41) is 0. The molecule has 1 aliphatic rings. The zero-order chi connectivity index (χ0) is 23.6. The van der Waals surface area contributed by atoms with Crippen molar-refractivity contribution in [2.24, 2.45) is 0 Å². The lowest BCUT2D eigenvalue weighted by Gasteiger charge is -2.16. The SMILES string of the molecule is O=c1n(-c2ccc(Oc3ccccc3)cc2)c2cnccc2n1[C@@H]1CCN(Cc2ccccc2)C1. The standard InChI is InChI=1S/C29H26N4O2/c34-29-32(23-11-13-26(14-12-23)35-25-9-5-2-6-10-25)28-19-30-17-15-27(28)33(29)24-16-18-31(21-24)20-22-7-3-1-4-8-22/h1-15,17,19,24H,16,18,20-21H2/t24-/m1/s1. The van der Waals surface area contributed by atoms with Crippen LogP contribution in [0.4, 0.5) is 0 Å². The first-order valence-corrected chi connectivity index (χ1v) is 11.9. The summed E-state index contributed by atoms with van der Waals surface area (Å²) in [6.45, 7) is 2.71. The quantitative estimate of drug-likeness (QED) is 0.338. The molecular formula is C29H26N4O2. The summed E-state index contributed by atoms with van der Waals surface area (Å²) < 4.78 is 9.64. The maximum absolute atomic E-state index is 13.8. The zero-order valence-corrected chi connectivity index (χ0v) is 19.3. The van der Waals surface area contributed by atoms with E-state index in [0.717, 1.165) is 54.3 Å². The van der Waals surface area contributed by atoms with Crippen LogP contribution in [0.1, 0.15) is 18.0 Å². The highest BCUT2D eigenvalue weighted by Gasteiger charge is 2.28. The molecule has 0 radical (unpaired) electrons. The van der Waals surface area contributed by atoms with E-state index in [4.69, 9.17) is 4.74 Å². The van der Waals surface area contributed by atoms with Gasteiger partial charge in [0.15, 0.2) is 0 Å². The molecule has 0 unspecified atom stereocenters. The predicted molar refractivity (Wildman–Crippen MR) is 137 cm³/mol. The molecule has 0 spiro atoms. The monoisotopic (exact) mass is 462 g/mol. The van der Waals surface area contributed by atoms with Gasteiger partial charge in [-0.25, -0.2) is 4.79 Å². The molecule has 1 aliphatic heterocycles. The van der Waals surface area contributed by atoms with E-state index in [-0.39, 0.29) is 11.7 Å². The van der Waals surface area contributed by atoms with Crippen LogP contribution in [0.5, 0.6) is 11.5 Å². The first kappa shape index (κ1) is 21.4. The second kappa shape index (κ2) is 9.24. The summed E-state index contributed by atoms with van der Waals surface area (Å²) in [6.07, 6.45) is 4.48. The number of para-hydroxylation sites is 1. The van der Waals surface area contributed by atoms with Crippen molar-refractivity contribution < 1.29 is 4.74 Å². The third-order valence-corrected chi connectivity index (χ3v) is 6.61. The van der Waals surface area contributed by atoms with Gasteiger partial charge in [-0.15, -0.1) is 0 Å². The first-order chi connectivity index (χ1) is 17.3. The van der Waals surface area contributed by atoms with Gasteiger partial charge in [0, 0.05) is 25.8 Å². The Bertz CT molecular complexity index is 1490. The van der Waals surface area contributed by atoms with Gasteiger partial charge in [0.05, 0.1) is 29.0 Å². The molecule has 1 atom stereocenters. The molecule has 2 aromatic heterocycles. The van der Waals surface area contributed by atoms with E-state index in [1.165, 1.54) is 5.56 Å². The van der Waals surface area contributed by atoms with Crippen molar-refractivity contribution in [3.8, 4) is 17.2 Å². The van der Waals surface area contributed by atoms with Crippen molar-refractivity contribution >= 4 is 11.0 Å². The highest BCUT2D eigenvalue weighted by atomic mass is 16.5. The molecule has 3 aromatic carbocycles. The smallest absolute Gasteiger partial charge is 0.334 e. The van der Waals surface area contributed by atoms with Crippen molar-refractivity contribution in [2.75, 3.05) is 13.1 Å². The molecule has 0 amide bonds. The van der Waals surface area contributed by atoms with E-state index in [0.29, 0.717) is 0 Å². The fourth-order valence-corrected chi connectivity index (χ4v) is 4.97. The van der Waals surface area contributed by atoms with Crippen LogP contribution in [0.3, 0.4) is 0 Å². The number of imidazole rings is 1. The maximum Gasteiger partial charge on any atom is 0.334 e. The number of rotatable bonds is 6. The number of aromatic nitrogens is 3. The molecule has 1 saturated heterocycles. The van der Waals surface area contributed by atoms with Gasteiger partial charge < -0.3 is 4.74 Å². The minimum Gasteiger partial charge on any atom is -0.457 e. The van der Waals surface area contributed by atoms with Crippen LogP contribution < -0.4 is 10.4 Å². The average molecular weight is 463 g/mol. The van der Waals surface area contributed by atoms with Crippen LogP contribution >= 0.6 is 0 Å². The number of fused-ring (bicyclic) bond motifs is 1. The largest absolute Gasteiger partial charge is 0.457 e. The number of benzene rings is 3. The van der Waals surface area contributed by atoms with E-state index in [1.807, 2.05) is 71.3 Å². The van der Waals surface area contributed by atoms with Gasteiger partial charge in [0.1, 0.15) is 11.5 Å². The summed E-state index contributed by atoms with van der Waals surface area (Å²) in [7, 11) is 0. The number of hydrogen-bond acceptors (Lipinski definition) is 4. The van der Waals surface area contributed by atoms with Gasteiger partial charge in [0.25, 0.3) is 0 Å². The minimum absolute atomic E-state index is 0.0312. The number of ether oxygens (including phenoxy) is 1. The second-order valence-electron chi connectivity index (χ2n) is 8.92. The molecule has 0 aliphatic carbocycles. The first-order valence-electron chi connectivity index (χ1n) is 11.9. The van der Waals surface area contributed by atoms with Crippen LogP contribution in [0.15, 0.2) is 108 Å². The van der Waals surface area contributed by atoms with Crippen molar-refractivity contribution in [1.29, 1.82) is 0 Å². The van der Waals surface area contributed by atoms with Crippen molar-refractivity contribution in [1.82, 2.24) is 19.0 Å². The fraction of sp³-hybridized carbons (Fsp3) is 0.172. The second-order valence-corrected chi connectivity index (χ2v) is 8.92. The highest BCUT2D eigenvalue weighted by Crippen LogP contribution is 2.28. The Labute approximate surface area is 203 Å². The summed E-state index contributed by atoms with van der Waals surface area (Å²) in [5.74, 6) is 1.50. The van der Waals surface area contributed by atoms with Crippen LogP contribution in [-0.4, -0.2) is 32.1 Å². The Hall–Kier alpha value is -4.16. The zero-order valence-electron chi connectivity index (χ0n) is 19.3. The Kier molecular flexibility index (Phi) is 5.64. The molecule has 174 valence electrons. The molecule has 6 nitrogen and oxygen atoms in total. The topological polar surface area (TPSA) is 52.3 Å². The van der Waals surface area contributed by atoms with Crippen LogP contribution in [-0.2, 0) is 6.54 Å². The molecule has 0 bridgehead atoms. The minimum atomic E-state index is -0.0312. The molecule has 35 heavy (non-hydrogen) atoms.